The molecule has 4 nitrogen and oxygen atoms in total. The van der Waals surface area contributed by atoms with E-state index in [1.165, 1.54) is 6.07 Å². The monoisotopic (exact) mass is 373 g/mol. The number of nitrogens with zero attached hydrogens (tertiary/aromatic N) is 3. The van der Waals surface area contributed by atoms with Crippen molar-refractivity contribution in [1.82, 2.24) is 4.98 Å². The lowest BCUT2D eigenvalue weighted by Crippen LogP contribution is -2.44. The van der Waals surface area contributed by atoms with Crippen molar-refractivity contribution in [3.8, 4) is 0 Å². The number of hydrogen-bond donors (Lipinski definition) is 0. The van der Waals surface area contributed by atoms with E-state index in [4.69, 9.17) is 11.6 Å². The molecule has 1 aromatic heterocycles. The molecule has 0 unspecified atom stereocenters. The van der Waals surface area contributed by atoms with E-state index in [0.29, 0.717) is 5.02 Å². The first-order valence-corrected chi connectivity index (χ1v) is 9.46. The number of hydrogen-bond acceptors (Lipinski definition) is 3. The molecule has 2 aromatic rings. The summed E-state index contributed by atoms with van der Waals surface area (Å²) in [6.07, 6.45) is 4.97. The Bertz CT molecular complexity index is 803. The second-order valence-electron chi connectivity index (χ2n) is 6.96. The van der Waals surface area contributed by atoms with E-state index in [-0.39, 0.29) is 17.6 Å². The number of rotatable bonds is 2. The van der Waals surface area contributed by atoms with Gasteiger partial charge in [-0.1, -0.05) is 11.6 Å². The molecule has 3 heterocycles. The van der Waals surface area contributed by atoms with Crippen LogP contribution in [-0.4, -0.2) is 30.5 Å². The van der Waals surface area contributed by atoms with Crippen molar-refractivity contribution in [2.24, 2.45) is 5.92 Å². The quantitative estimate of drug-likeness (QED) is 0.796. The SMILES string of the molecule is O=C(C1CCN(c2ccc(Cl)cn2)CC1)N1CCCc2cc(F)ccc21. The number of halogens is 2. The van der Waals surface area contributed by atoms with Crippen LogP contribution < -0.4 is 9.80 Å². The number of aryl methyl sites for hydroxylation is 1. The number of piperidine rings is 1. The normalized spacial score (nSPS) is 17.9. The van der Waals surface area contributed by atoms with Gasteiger partial charge in [0.05, 0.1) is 5.02 Å². The molecular formula is C20H21ClFN3O. The van der Waals surface area contributed by atoms with Gasteiger partial charge in [-0.15, -0.1) is 0 Å². The Morgan fingerprint density at radius 2 is 1.96 bits per heavy atom. The first kappa shape index (κ1) is 17.3. The Hall–Kier alpha value is -2.14. The van der Waals surface area contributed by atoms with Gasteiger partial charge in [0.15, 0.2) is 0 Å². The van der Waals surface area contributed by atoms with Crippen LogP contribution in [0, 0.1) is 11.7 Å². The smallest absolute Gasteiger partial charge is 0.230 e. The summed E-state index contributed by atoms with van der Waals surface area (Å²) in [7, 11) is 0. The minimum atomic E-state index is -0.234. The number of benzene rings is 1. The van der Waals surface area contributed by atoms with Crippen molar-refractivity contribution in [2.45, 2.75) is 25.7 Å². The van der Waals surface area contributed by atoms with Crippen LogP contribution in [0.3, 0.4) is 0 Å². The molecule has 0 aliphatic carbocycles. The minimum Gasteiger partial charge on any atom is -0.357 e. The molecule has 0 atom stereocenters. The van der Waals surface area contributed by atoms with Crippen molar-refractivity contribution in [3.63, 3.8) is 0 Å². The van der Waals surface area contributed by atoms with Crippen LogP contribution in [0.25, 0.3) is 0 Å². The Kier molecular flexibility index (Phi) is 4.81. The third-order valence-electron chi connectivity index (χ3n) is 5.31. The second kappa shape index (κ2) is 7.23. The molecule has 136 valence electrons. The zero-order valence-electron chi connectivity index (χ0n) is 14.5. The van der Waals surface area contributed by atoms with Crippen LogP contribution >= 0.6 is 11.6 Å². The zero-order valence-corrected chi connectivity index (χ0v) is 15.3. The Morgan fingerprint density at radius 3 is 2.69 bits per heavy atom. The summed E-state index contributed by atoms with van der Waals surface area (Å²) in [4.78, 5) is 21.5. The molecule has 0 spiro atoms. The molecule has 1 saturated heterocycles. The highest BCUT2D eigenvalue weighted by molar-refractivity contribution is 6.30. The van der Waals surface area contributed by atoms with Gasteiger partial charge in [0.25, 0.3) is 0 Å². The van der Waals surface area contributed by atoms with Gasteiger partial charge in [-0.05, 0) is 61.6 Å². The van der Waals surface area contributed by atoms with Gasteiger partial charge in [-0.25, -0.2) is 9.37 Å². The van der Waals surface area contributed by atoms with Gasteiger partial charge >= 0.3 is 0 Å². The molecule has 0 radical (unpaired) electrons. The molecule has 2 aliphatic rings. The Balaban J connectivity index is 1.44. The van der Waals surface area contributed by atoms with E-state index >= 15 is 0 Å². The van der Waals surface area contributed by atoms with Crippen molar-refractivity contribution in [3.05, 3.63) is 52.9 Å². The van der Waals surface area contributed by atoms with Gasteiger partial charge in [0, 0.05) is 37.4 Å². The predicted molar refractivity (Wildman–Crippen MR) is 101 cm³/mol. The number of anilines is 2. The molecule has 26 heavy (non-hydrogen) atoms. The second-order valence-corrected chi connectivity index (χ2v) is 7.40. The highest BCUT2D eigenvalue weighted by atomic mass is 35.5. The summed E-state index contributed by atoms with van der Waals surface area (Å²) in [5, 5.41) is 0.624. The lowest BCUT2D eigenvalue weighted by molar-refractivity contribution is -0.123. The molecular weight excluding hydrogens is 353 g/mol. The highest BCUT2D eigenvalue weighted by Crippen LogP contribution is 2.31. The molecule has 0 bridgehead atoms. The lowest BCUT2D eigenvalue weighted by Gasteiger charge is -2.36. The fourth-order valence-electron chi connectivity index (χ4n) is 3.93. The zero-order chi connectivity index (χ0) is 18.1. The average Bonchev–Trinajstić information content (AvgIpc) is 2.67. The Labute approximate surface area is 157 Å². The van der Waals surface area contributed by atoms with Crippen LogP contribution in [0.1, 0.15) is 24.8 Å². The van der Waals surface area contributed by atoms with Crippen molar-refractivity contribution in [1.29, 1.82) is 0 Å². The third kappa shape index (κ3) is 3.40. The summed E-state index contributed by atoms with van der Waals surface area (Å²) in [6, 6.07) is 8.50. The number of amides is 1. The van der Waals surface area contributed by atoms with Gasteiger partial charge in [0.1, 0.15) is 11.6 Å². The summed E-state index contributed by atoms with van der Waals surface area (Å²) >= 11 is 5.90. The summed E-state index contributed by atoms with van der Waals surface area (Å²) in [5.74, 6) is 0.844. The minimum absolute atomic E-state index is 0.00885. The molecule has 1 aromatic carbocycles. The largest absolute Gasteiger partial charge is 0.357 e. The summed E-state index contributed by atoms with van der Waals surface area (Å²) in [5.41, 5.74) is 1.82. The molecule has 1 amide bonds. The fraction of sp³-hybridized carbons (Fsp3) is 0.400. The molecule has 6 heteroatoms. The topological polar surface area (TPSA) is 36.4 Å². The van der Waals surface area contributed by atoms with Crippen LogP contribution in [0.5, 0.6) is 0 Å². The summed E-state index contributed by atoms with van der Waals surface area (Å²) in [6.45, 7) is 2.32. The standard InChI is InChI=1S/C20H21ClFN3O/c21-16-3-6-19(23-13-16)24-10-7-14(8-11-24)20(26)25-9-1-2-15-12-17(22)4-5-18(15)25/h3-6,12-14H,1-2,7-11H2. The molecule has 2 aliphatic heterocycles. The average molecular weight is 374 g/mol. The maximum atomic E-state index is 13.5. The first-order chi connectivity index (χ1) is 12.6. The Morgan fingerprint density at radius 1 is 1.15 bits per heavy atom. The van der Waals surface area contributed by atoms with Crippen LogP contribution in [-0.2, 0) is 11.2 Å². The van der Waals surface area contributed by atoms with E-state index < -0.39 is 0 Å². The van der Waals surface area contributed by atoms with E-state index in [9.17, 15) is 9.18 Å². The fourth-order valence-corrected chi connectivity index (χ4v) is 4.04. The number of pyridine rings is 1. The van der Waals surface area contributed by atoms with Crippen molar-refractivity contribution < 1.29 is 9.18 Å². The highest BCUT2D eigenvalue weighted by Gasteiger charge is 2.31. The number of aromatic nitrogens is 1. The number of carbonyl (C=O) groups is 1. The molecule has 0 saturated carbocycles. The van der Waals surface area contributed by atoms with Crippen LogP contribution in [0.4, 0.5) is 15.9 Å². The van der Waals surface area contributed by atoms with E-state index in [1.807, 2.05) is 17.0 Å². The van der Waals surface area contributed by atoms with E-state index in [1.54, 1.807) is 18.3 Å². The van der Waals surface area contributed by atoms with Gasteiger partial charge in [-0.3, -0.25) is 4.79 Å². The van der Waals surface area contributed by atoms with E-state index in [2.05, 4.69) is 9.88 Å². The van der Waals surface area contributed by atoms with Gasteiger partial charge < -0.3 is 9.80 Å². The van der Waals surface area contributed by atoms with Crippen molar-refractivity contribution in [2.75, 3.05) is 29.4 Å². The molecule has 0 N–H and O–H groups in total. The van der Waals surface area contributed by atoms with Crippen LogP contribution in [0.15, 0.2) is 36.5 Å². The first-order valence-electron chi connectivity index (χ1n) is 9.08. The van der Waals surface area contributed by atoms with Gasteiger partial charge in [-0.2, -0.15) is 0 Å². The maximum absolute atomic E-state index is 13.5. The lowest BCUT2D eigenvalue weighted by atomic mass is 9.93. The maximum Gasteiger partial charge on any atom is 0.230 e. The van der Waals surface area contributed by atoms with Crippen molar-refractivity contribution >= 4 is 29.0 Å². The third-order valence-corrected chi connectivity index (χ3v) is 5.53. The molecule has 4 rings (SSSR count). The van der Waals surface area contributed by atoms with Gasteiger partial charge in [0.2, 0.25) is 5.91 Å². The number of fused-ring (bicyclic) bond motifs is 1. The number of carbonyl (C=O) groups excluding carboxylic acids is 1. The van der Waals surface area contributed by atoms with Crippen LogP contribution in [0.2, 0.25) is 5.02 Å². The predicted octanol–water partition coefficient (Wildman–Crippen LogP) is 4.07. The summed E-state index contributed by atoms with van der Waals surface area (Å²) < 4.78 is 13.5. The molecule has 1 fully saturated rings. The van der Waals surface area contributed by atoms with E-state index in [0.717, 1.165) is 62.4 Å².